The van der Waals surface area contributed by atoms with Gasteiger partial charge in [-0.1, -0.05) is 12.1 Å². The van der Waals surface area contributed by atoms with Gasteiger partial charge in [0.15, 0.2) is 0 Å². The van der Waals surface area contributed by atoms with E-state index in [-0.39, 0.29) is 18.3 Å². The van der Waals surface area contributed by atoms with Crippen molar-refractivity contribution in [2.45, 2.75) is 19.4 Å². The first-order valence-corrected chi connectivity index (χ1v) is 8.15. The summed E-state index contributed by atoms with van der Waals surface area (Å²) in [5.74, 6) is 1.07. The molecule has 5 nitrogen and oxygen atoms in total. The standard InChI is InChI=1S/C15H20N2O3S/c1-2-20-15(19)13-10-21-7-6-17(13)14(18)9-11-4-3-5-12(16)8-11/h3-5,8,13H,2,6-7,9-10,16H2,1H3. The maximum atomic E-state index is 12.5. The minimum Gasteiger partial charge on any atom is -0.464 e. The van der Waals surface area contributed by atoms with Gasteiger partial charge < -0.3 is 15.4 Å². The number of ether oxygens (including phenoxy) is 1. The molecule has 0 spiro atoms. The molecular formula is C15H20N2O3S. The molecule has 6 heteroatoms. The average Bonchev–Trinajstić information content (AvgIpc) is 2.47. The van der Waals surface area contributed by atoms with Crippen LogP contribution in [0.3, 0.4) is 0 Å². The highest BCUT2D eigenvalue weighted by atomic mass is 32.2. The zero-order chi connectivity index (χ0) is 15.2. The maximum absolute atomic E-state index is 12.5. The van der Waals surface area contributed by atoms with Crippen LogP contribution in [0.2, 0.25) is 0 Å². The Kier molecular flexibility index (Phi) is 5.50. The van der Waals surface area contributed by atoms with E-state index in [2.05, 4.69) is 0 Å². The second-order valence-corrected chi connectivity index (χ2v) is 6.00. The van der Waals surface area contributed by atoms with Crippen molar-refractivity contribution >= 4 is 29.3 Å². The van der Waals surface area contributed by atoms with Gasteiger partial charge in [0, 0.05) is 23.7 Å². The lowest BCUT2D eigenvalue weighted by Crippen LogP contribution is -2.51. The third kappa shape index (κ3) is 4.14. The highest BCUT2D eigenvalue weighted by Gasteiger charge is 2.33. The van der Waals surface area contributed by atoms with Gasteiger partial charge in [-0.05, 0) is 24.6 Å². The van der Waals surface area contributed by atoms with E-state index in [9.17, 15) is 9.59 Å². The summed E-state index contributed by atoms with van der Waals surface area (Å²) in [5, 5.41) is 0. The van der Waals surface area contributed by atoms with Crippen LogP contribution in [0.15, 0.2) is 24.3 Å². The summed E-state index contributed by atoms with van der Waals surface area (Å²) in [6.07, 6.45) is 0.256. The predicted octanol–water partition coefficient (Wildman–Crippen LogP) is 1.32. The molecule has 0 bridgehead atoms. The zero-order valence-corrected chi connectivity index (χ0v) is 12.9. The van der Waals surface area contributed by atoms with Gasteiger partial charge in [-0.15, -0.1) is 0 Å². The van der Waals surface area contributed by atoms with E-state index in [0.29, 0.717) is 24.6 Å². The largest absolute Gasteiger partial charge is 0.464 e. The summed E-state index contributed by atoms with van der Waals surface area (Å²) in [5.41, 5.74) is 7.22. The molecule has 114 valence electrons. The van der Waals surface area contributed by atoms with Crippen molar-refractivity contribution in [3.8, 4) is 0 Å². The van der Waals surface area contributed by atoms with E-state index in [0.717, 1.165) is 11.3 Å². The lowest BCUT2D eigenvalue weighted by atomic mass is 10.1. The Hall–Kier alpha value is -1.69. The molecule has 1 unspecified atom stereocenters. The molecule has 1 saturated heterocycles. The summed E-state index contributed by atoms with van der Waals surface area (Å²) in [6.45, 7) is 2.68. The second-order valence-electron chi connectivity index (χ2n) is 4.85. The van der Waals surface area contributed by atoms with Crippen LogP contribution in [0, 0.1) is 0 Å². The Bertz CT molecular complexity index is 521. The van der Waals surface area contributed by atoms with Crippen LogP contribution < -0.4 is 5.73 Å². The first kappa shape index (κ1) is 15.7. The summed E-state index contributed by atoms with van der Waals surface area (Å²) < 4.78 is 5.06. The number of thioether (sulfide) groups is 1. The Morgan fingerprint density at radius 3 is 3.00 bits per heavy atom. The lowest BCUT2D eigenvalue weighted by molar-refractivity contribution is -0.153. The molecule has 0 aliphatic carbocycles. The van der Waals surface area contributed by atoms with E-state index in [1.54, 1.807) is 35.7 Å². The van der Waals surface area contributed by atoms with Crippen molar-refractivity contribution in [3.63, 3.8) is 0 Å². The number of carbonyl (C=O) groups is 2. The van der Waals surface area contributed by atoms with Gasteiger partial charge in [0.1, 0.15) is 6.04 Å². The molecule has 0 aromatic heterocycles. The number of nitrogens with two attached hydrogens (primary N) is 1. The van der Waals surface area contributed by atoms with Crippen LogP contribution in [0.5, 0.6) is 0 Å². The van der Waals surface area contributed by atoms with E-state index >= 15 is 0 Å². The van der Waals surface area contributed by atoms with Gasteiger partial charge in [0.05, 0.1) is 13.0 Å². The maximum Gasteiger partial charge on any atom is 0.329 e. The van der Waals surface area contributed by atoms with Gasteiger partial charge in [0.25, 0.3) is 0 Å². The van der Waals surface area contributed by atoms with Crippen molar-refractivity contribution in [3.05, 3.63) is 29.8 Å². The van der Waals surface area contributed by atoms with Crippen LogP contribution >= 0.6 is 11.8 Å². The van der Waals surface area contributed by atoms with Crippen molar-refractivity contribution in [1.29, 1.82) is 0 Å². The van der Waals surface area contributed by atoms with Gasteiger partial charge in [-0.3, -0.25) is 4.79 Å². The Morgan fingerprint density at radius 2 is 2.29 bits per heavy atom. The van der Waals surface area contributed by atoms with Crippen molar-refractivity contribution < 1.29 is 14.3 Å². The molecule has 2 rings (SSSR count). The topological polar surface area (TPSA) is 72.6 Å². The number of hydrogen-bond donors (Lipinski definition) is 1. The second kappa shape index (κ2) is 7.36. The molecule has 0 radical (unpaired) electrons. The SMILES string of the molecule is CCOC(=O)C1CSCCN1C(=O)Cc1cccc(N)c1. The number of anilines is 1. The Balaban J connectivity index is 2.06. The van der Waals surface area contributed by atoms with Crippen LogP contribution in [0.4, 0.5) is 5.69 Å². The number of rotatable bonds is 4. The molecule has 1 fully saturated rings. The van der Waals surface area contributed by atoms with Crippen molar-refractivity contribution in [1.82, 2.24) is 4.90 Å². The monoisotopic (exact) mass is 308 g/mol. The van der Waals surface area contributed by atoms with Crippen LogP contribution in [0.25, 0.3) is 0 Å². The fourth-order valence-corrected chi connectivity index (χ4v) is 3.35. The normalized spacial score (nSPS) is 18.3. The van der Waals surface area contributed by atoms with E-state index in [1.165, 1.54) is 0 Å². The first-order chi connectivity index (χ1) is 10.1. The van der Waals surface area contributed by atoms with Crippen LogP contribution in [0.1, 0.15) is 12.5 Å². The fraction of sp³-hybridized carbons (Fsp3) is 0.467. The third-order valence-corrected chi connectivity index (χ3v) is 4.34. The molecule has 1 amide bonds. The Morgan fingerprint density at radius 1 is 1.48 bits per heavy atom. The number of nitrogens with zero attached hydrogens (tertiary/aromatic N) is 1. The highest BCUT2D eigenvalue weighted by molar-refractivity contribution is 7.99. The number of nitrogen functional groups attached to an aromatic ring is 1. The molecule has 21 heavy (non-hydrogen) atoms. The molecule has 1 atom stereocenters. The molecule has 1 heterocycles. The molecular weight excluding hydrogens is 288 g/mol. The number of esters is 1. The molecule has 1 aromatic carbocycles. The fourth-order valence-electron chi connectivity index (χ4n) is 2.32. The first-order valence-electron chi connectivity index (χ1n) is 7.00. The van der Waals surface area contributed by atoms with Gasteiger partial charge >= 0.3 is 5.97 Å². The van der Waals surface area contributed by atoms with E-state index in [1.807, 2.05) is 12.1 Å². The quantitative estimate of drug-likeness (QED) is 0.671. The minimum absolute atomic E-state index is 0.0565. The van der Waals surface area contributed by atoms with Gasteiger partial charge in [-0.2, -0.15) is 11.8 Å². The Labute approximate surface area is 128 Å². The number of carbonyl (C=O) groups excluding carboxylic acids is 2. The molecule has 0 saturated carbocycles. The van der Waals surface area contributed by atoms with E-state index < -0.39 is 6.04 Å². The molecule has 1 aliphatic rings. The minimum atomic E-state index is -0.475. The zero-order valence-electron chi connectivity index (χ0n) is 12.1. The summed E-state index contributed by atoms with van der Waals surface area (Å²) in [4.78, 5) is 26.1. The van der Waals surface area contributed by atoms with Gasteiger partial charge in [0.2, 0.25) is 5.91 Å². The summed E-state index contributed by atoms with van der Waals surface area (Å²) in [7, 11) is 0. The summed E-state index contributed by atoms with van der Waals surface area (Å²) in [6, 6.07) is 6.79. The third-order valence-electron chi connectivity index (χ3n) is 3.31. The van der Waals surface area contributed by atoms with E-state index in [4.69, 9.17) is 10.5 Å². The smallest absolute Gasteiger partial charge is 0.329 e. The van der Waals surface area contributed by atoms with Crippen molar-refractivity contribution in [2.24, 2.45) is 0 Å². The molecule has 1 aliphatic heterocycles. The van der Waals surface area contributed by atoms with Crippen molar-refractivity contribution in [2.75, 3.05) is 30.4 Å². The predicted molar refractivity (Wildman–Crippen MR) is 84.0 cm³/mol. The molecule has 1 aromatic rings. The van der Waals surface area contributed by atoms with Gasteiger partial charge in [-0.25, -0.2) is 4.79 Å². The van der Waals surface area contributed by atoms with Crippen LogP contribution in [-0.2, 0) is 20.7 Å². The lowest BCUT2D eigenvalue weighted by Gasteiger charge is -2.33. The average molecular weight is 308 g/mol. The van der Waals surface area contributed by atoms with Crippen LogP contribution in [-0.4, -0.2) is 47.5 Å². The highest BCUT2D eigenvalue weighted by Crippen LogP contribution is 2.19. The number of benzene rings is 1. The number of hydrogen-bond acceptors (Lipinski definition) is 5. The summed E-state index contributed by atoms with van der Waals surface area (Å²) >= 11 is 1.67. The number of amides is 1. The molecule has 2 N–H and O–H groups in total.